The molecule has 0 spiro atoms. The summed E-state index contributed by atoms with van der Waals surface area (Å²) in [4.78, 5) is 0. The van der Waals surface area contributed by atoms with E-state index in [1.165, 1.54) is 6.42 Å². The quantitative estimate of drug-likeness (QED) is 0.884. The minimum Gasteiger partial charge on any atom is -0.497 e. The number of rotatable bonds is 3. The van der Waals surface area contributed by atoms with Gasteiger partial charge in [-0.1, -0.05) is 27.7 Å². The second-order valence-electron chi connectivity index (χ2n) is 7.78. The molecule has 2 rings (SSSR count). The second-order valence-corrected chi connectivity index (χ2v) is 7.78. The van der Waals surface area contributed by atoms with Crippen molar-refractivity contribution < 1.29 is 4.74 Å². The summed E-state index contributed by atoms with van der Waals surface area (Å²) >= 11 is 0. The van der Waals surface area contributed by atoms with Gasteiger partial charge in [0.25, 0.3) is 0 Å². The van der Waals surface area contributed by atoms with Crippen LogP contribution in [0.3, 0.4) is 0 Å². The molecule has 1 aliphatic rings. The molecular weight excluding hydrogens is 260 g/mol. The smallest absolute Gasteiger partial charge is 0.121 e. The summed E-state index contributed by atoms with van der Waals surface area (Å²) < 4.78 is 5.28. The largest absolute Gasteiger partial charge is 0.497 e. The third-order valence-corrected chi connectivity index (χ3v) is 4.26. The van der Waals surface area contributed by atoms with E-state index in [1.807, 2.05) is 18.2 Å². The predicted molar refractivity (Wildman–Crippen MR) is 86.5 cm³/mol. The topological polar surface area (TPSA) is 45.0 Å². The maximum atomic E-state index is 9.29. The van der Waals surface area contributed by atoms with E-state index in [0.717, 1.165) is 24.3 Å². The summed E-state index contributed by atoms with van der Waals surface area (Å²) in [5.41, 5.74) is 2.21. The lowest BCUT2D eigenvalue weighted by molar-refractivity contribution is 0.105. The van der Waals surface area contributed by atoms with E-state index in [4.69, 9.17) is 4.74 Å². The highest BCUT2D eigenvalue weighted by molar-refractivity contribution is 5.61. The van der Waals surface area contributed by atoms with Gasteiger partial charge in [-0.15, -0.1) is 0 Å². The molecular formula is C18H26N2O. The van der Waals surface area contributed by atoms with Gasteiger partial charge >= 0.3 is 0 Å². The lowest BCUT2D eigenvalue weighted by Crippen LogP contribution is -2.40. The highest BCUT2D eigenvalue weighted by Crippen LogP contribution is 2.46. The minimum atomic E-state index is 0.324. The van der Waals surface area contributed by atoms with Crippen LogP contribution < -0.4 is 10.1 Å². The van der Waals surface area contributed by atoms with Crippen LogP contribution in [0.15, 0.2) is 18.2 Å². The Kier molecular flexibility index (Phi) is 4.18. The van der Waals surface area contributed by atoms with Gasteiger partial charge in [0.1, 0.15) is 11.8 Å². The van der Waals surface area contributed by atoms with E-state index < -0.39 is 0 Å². The van der Waals surface area contributed by atoms with E-state index in [2.05, 4.69) is 39.1 Å². The SMILES string of the molecule is COc1ccc(C#N)c(NC2CC(C)(C)CC(C)(C)C2)c1. The van der Waals surface area contributed by atoms with Gasteiger partial charge in [-0.25, -0.2) is 0 Å². The Labute approximate surface area is 128 Å². The zero-order valence-corrected chi connectivity index (χ0v) is 13.8. The minimum absolute atomic E-state index is 0.324. The molecule has 0 aliphatic heterocycles. The third kappa shape index (κ3) is 3.91. The molecule has 1 N–H and O–H groups in total. The average molecular weight is 286 g/mol. The maximum Gasteiger partial charge on any atom is 0.121 e. The van der Waals surface area contributed by atoms with Crippen molar-refractivity contribution in [1.29, 1.82) is 5.26 Å². The summed E-state index contributed by atoms with van der Waals surface area (Å²) in [7, 11) is 1.65. The van der Waals surface area contributed by atoms with Gasteiger partial charge in [0, 0.05) is 12.1 Å². The number of nitriles is 1. The average Bonchev–Trinajstić information content (AvgIpc) is 2.34. The number of anilines is 1. The molecule has 0 aromatic heterocycles. The molecule has 0 radical (unpaired) electrons. The van der Waals surface area contributed by atoms with Gasteiger partial charge in [0.05, 0.1) is 18.4 Å². The van der Waals surface area contributed by atoms with Gasteiger partial charge in [0.15, 0.2) is 0 Å². The van der Waals surface area contributed by atoms with E-state index >= 15 is 0 Å². The van der Waals surface area contributed by atoms with Crippen LogP contribution in [0.4, 0.5) is 5.69 Å². The first-order valence-electron chi connectivity index (χ1n) is 7.59. The summed E-state index contributed by atoms with van der Waals surface area (Å²) in [5.74, 6) is 0.783. The molecule has 3 heteroatoms. The summed E-state index contributed by atoms with van der Waals surface area (Å²) in [6.07, 6.45) is 3.48. The number of nitrogens with one attached hydrogen (secondary N) is 1. The van der Waals surface area contributed by atoms with E-state index in [1.54, 1.807) is 7.11 Å². The molecule has 21 heavy (non-hydrogen) atoms. The molecule has 0 bridgehead atoms. The van der Waals surface area contributed by atoms with Crippen LogP contribution in [0.1, 0.15) is 52.5 Å². The van der Waals surface area contributed by atoms with Crippen molar-refractivity contribution in [1.82, 2.24) is 0 Å². The molecule has 1 fully saturated rings. The fourth-order valence-electron chi connectivity index (χ4n) is 4.04. The highest BCUT2D eigenvalue weighted by Gasteiger charge is 2.38. The van der Waals surface area contributed by atoms with Crippen LogP contribution >= 0.6 is 0 Å². The molecule has 114 valence electrons. The van der Waals surface area contributed by atoms with Crippen molar-refractivity contribution in [2.75, 3.05) is 12.4 Å². The van der Waals surface area contributed by atoms with Crippen molar-refractivity contribution in [2.24, 2.45) is 10.8 Å². The number of methoxy groups -OCH3 is 1. The van der Waals surface area contributed by atoms with Gasteiger partial charge < -0.3 is 10.1 Å². The van der Waals surface area contributed by atoms with Crippen molar-refractivity contribution in [3.8, 4) is 11.8 Å². The lowest BCUT2D eigenvalue weighted by Gasteiger charge is -2.45. The fraction of sp³-hybridized carbons (Fsp3) is 0.611. The molecule has 0 atom stereocenters. The first-order chi connectivity index (χ1) is 9.74. The number of ether oxygens (including phenoxy) is 1. The predicted octanol–water partition coefficient (Wildman–Crippen LogP) is 4.58. The molecule has 0 heterocycles. The molecule has 1 aliphatic carbocycles. The molecule has 1 aromatic carbocycles. The van der Waals surface area contributed by atoms with Crippen molar-refractivity contribution in [3.05, 3.63) is 23.8 Å². The molecule has 3 nitrogen and oxygen atoms in total. The first kappa shape index (κ1) is 15.7. The molecule has 0 unspecified atom stereocenters. The molecule has 0 amide bonds. The fourth-order valence-corrected chi connectivity index (χ4v) is 4.04. The van der Waals surface area contributed by atoms with Crippen LogP contribution in [-0.2, 0) is 0 Å². The van der Waals surface area contributed by atoms with Crippen LogP contribution in [0.25, 0.3) is 0 Å². The monoisotopic (exact) mass is 286 g/mol. The Morgan fingerprint density at radius 2 is 1.81 bits per heavy atom. The normalized spacial score (nSPS) is 20.6. The first-order valence-corrected chi connectivity index (χ1v) is 7.59. The Hall–Kier alpha value is -1.69. The number of hydrogen-bond acceptors (Lipinski definition) is 3. The van der Waals surface area contributed by atoms with Crippen LogP contribution in [0.5, 0.6) is 5.75 Å². The van der Waals surface area contributed by atoms with Crippen molar-refractivity contribution in [3.63, 3.8) is 0 Å². The number of nitrogens with zero attached hydrogens (tertiary/aromatic N) is 1. The zero-order chi connectivity index (χ0) is 15.7. The van der Waals surface area contributed by atoms with Gasteiger partial charge in [-0.3, -0.25) is 0 Å². The van der Waals surface area contributed by atoms with Gasteiger partial charge in [0.2, 0.25) is 0 Å². The summed E-state index contributed by atoms with van der Waals surface area (Å²) in [6, 6.07) is 8.23. The van der Waals surface area contributed by atoms with Crippen LogP contribution in [0, 0.1) is 22.2 Å². The Morgan fingerprint density at radius 3 is 2.33 bits per heavy atom. The number of hydrogen-bond donors (Lipinski definition) is 1. The second kappa shape index (κ2) is 5.60. The van der Waals surface area contributed by atoms with Crippen LogP contribution in [-0.4, -0.2) is 13.2 Å². The highest BCUT2D eigenvalue weighted by atomic mass is 16.5. The summed E-state index contributed by atoms with van der Waals surface area (Å²) in [5, 5.41) is 12.9. The standard InChI is InChI=1S/C18H26N2O/c1-17(2)9-14(10-18(3,4)12-17)20-16-8-15(21-5)7-6-13(16)11-19/h6-8,14,20H,9-10,12H2,1-5H3. The van der Waals surface area contributed by atoms with Crippen LogP contribution in [0.2, 0.25) is 0 Å². The van der Waals surface area contributed by atoms with E-state index in [-0.39, 0.29) is 0 Å². The van der Waals surface area contributed by atoms with Gasteiger partial charge in [-0.2, -0.15) is 5.26 Å². The van der Waals surface area contributed by atoms with Crippen molar-refractivity contribution in [2.45, 2.75) is 53.0 Å². The molecule has 1 aromatic rings. The number of benzene rings is 1. The van der Waals surface area contributed by atoms with E-state index in [9.17, 15) is 5.26 Å². The Balaban J connectivity index is 2.23. The molecule has 1 saturated carbocycles. The Morgan fingerprint density at radius 1 is 1.19 bits per heavy atom. The van der Waals surface area contributed by atoms with E-state index in [0.29, 0.717) is 22.4 Å². The molecule has 0 saturated heterocycles. The maximum absolute atomic E-state index is 9.29. The zero-order valence-electron chi connectivity index (χ0n) is 13.8. The lowest BCUT2D eigenvalue weighted by atomic mass is 9.63. The van der Waals surface area contributed by atoms with Crippen molar-refractivity contribution >= 4 is 5.69 Å². The van der Waals surface area contributed by atoms with Gasteiger partial charge in [-0.05, 0) is 42.2 Å². The Bertz CT molecular complexity index is 539. The summed E-state index contributed by atoms with van der Waals surface area (Å²) in [6.45, 7) is 9.33. The third-order valence-electron chi connectivity index (χ3n) is 4.26.